The first-order valence-electron chi connectivity index (χ1n) is 12.0. The van der Waals surface area contributed by atoms with Crippen LogP contribution in [-0.2, 0) is 19.1 Å². The molecule has 0 aliphatic carbocycles. The maximum Gasteiger partial charge on any atom is 0.414 e. The van der Waals surface area contributed by atoms with Gasteiger partial charge in [0.15, 0.2) is 0 Å². The number of hydrogen-bond acceptors (Lipinski definition) is 6. The van der Waals surface area contributed by atoms with Crippen LogP contribution in [0.15, 0.2) is 30.9 Å². The Balaban J connectivity index is 0.000000363. The number of piperidine rings is 1. The third-order valence-electron chi connectivity index (χ3n) is 6.06. The van der Waals surface area contributed by atoms with Crippen LogP contribution < -0.4 is 15.5 Å². The standard InChI is InChI=1S/C20H26FN3O3.C5H9NO2/c1-3-8-23-9-4-5-15(12-23)18-7-6-16(10-19(18)21)24-13-17(27-20(24)26)11-22-14(2)25;1-4(7)6-2-5-3-8-5/h3,6-7,10,15,17H,1,4-5,8-9,11-13H2,2H3,(H,22,25);5H,2-3H2,1H3,(H,6,7)/t15?,17-;5-/m00/s1. The molecule has 4 rings (SSSR count). The van der Waals surface area contributed by atoms with Gasteiger partial charge in [0, 0.05) is 33.5 Å². The molecule has 3 amide bonds. The zero-order chi connectivity index (χ0) is 25.4. The first kappa shape index (κ1) is 26.6. The Hall–Kier alpha value is -2.98. The van der Waals surface area contributed by atoms with Crippen LogP contribution in [0.25, 0.3) is 0 Å². The molecule has 1 unspecified atom stereocenters. The summed E-state index contributed by atoms with van der Waals surface area (Å²) in [6, 6.07) is 4.96. The Morgan fingerprint density at radius 2 is 1.86 bits per heavy atom. The van der Waals surface area contributed by atoms with Crippen LogP contribution in [0.2, 0.25) is 0 Å². The topological polar surface area (TPSA) is 104 Å². The van der Waals surface area contributed by atoms with E-state index < -0.39 is 12.2 Å². The number of carbonyl (C=O) groups excluding carboxylic acids is 3. The molecule has 3 aliphatic rings. The van der Waals surface area contributed by atoms with Crippen LogP contribution in [0.3, 0.4) is 0 Å². The van der Waals surface area contributed by atoms with Gasteiger partial charge in [-0.3, -0.25) is 19.4 Å². The van der Waals surface area contributed by atoms with Crippen LogP contribution in [-0.4, -0.2) is 80.9 Å². The molecule has 3 saturated heterocycles. The Labute approximate surface area is 205 Å². The van der Waals surface area contributed by atoms with Crippen molar-refractivity contribution in [3.63, 3.8) is 0 Å². The highest BCUT2D eigenvalue weighted by molar-refractivity contribution is 5.89. The Kier molecular flexibility index (Phi) is 9.62. The fourth-order valence-corrected chi connectivity index (χ4v) is 4.21. The van der Waals surface area contributed by atoms with Crippen molar-refractivity contribution in [2.75, 3.05) is 50.8 Å². The van der Waals surface area contributed by atoms with Crippen LogP contribution in [0.4, 0.5) is 14.9 Å². The summed E-state index contributed by atoms with van der Waals surface area (Å²) in [5.74, 6) is -0.319. The molecule has 0 bridgehead atoms. The molecule has 10 heteroatoms. The number of nitrogens with one attached hydrogen (secondary N) is 2. The van der Waals surface area contributed by atoms with Gasteiger partial charge in [0.2, 0.25) is 11.8 Å². The predicted octanol–water partition coefficient (Wildman–Crippen LogP) is 2.17. The molecule has 0 radical (unpaired) electrons. The van der Waals surface area contributed by atoms with E-state index in [0.717, 1.165) is 39.1 Å². The minimum absolute atomic E-state index is 0.0144. The van der Waals surface area contributed by atoms with E-state index >= 15 is 0 Å². The molecule has 35 heavy (non-hydrogen) atoms. The second kappa shape index (κ2) is 12.6. The Bertz CT molecular complexity index is 923. The van der Waals surface area contributed by atoms with E-state index in [1.165, 1.54) is 24.8 Å². The van der Waals surface area contributed by atoms with E-state index in [9.17, 15) is 18.8 Å². The fourth-order valence-electron chi connectivity index (χ4n) is 4.21. The molecule has 192 valence electrons. The molecular weight excluding hydrogens is 455 g/mol. The van der Waals surface area contributed by atoms with E-state index in [4.69, 9.17) is 9.47 Å². The second-order valence-corrected chi connectivity index (χ2v) is 9.04. The van der Waals surface area contributed by atoms with Gasteiger partial charge in [-0.05, 0) is 43.0 Å². The SMILES string of the molecule is C=CCN1CCCC(c2ccc(N3C[C@H](CNC(C)=O)OC3=O)cc2F)C1.CC(=O)NC[C@H]1CO1. The quantitative estimate of drug-likeness (QED) is 0.428. The van der Waals surface area contributed by atoms with Gasteiger partial charge < -0.3 is 20.1 Å². The maximum absolute atomic E-state index is 14.8. The lowest BCUT2D eigenvalue weighted by atomic mass is 9.90. The lowest BCUT2D eigenvalue weighted by Crippen LogP contribution is -2.34. The Morgan fingerprint density at radius 3 is 2.46 bits per heavy atom. The van der Waals surface area contributed by atoms with Gasteiger partial charge in [-0.1, -0.05) is 12.1 Å². The number of amides is 3. The number of likely N-dealkylation sites (tertiary alicyclic amines) is 1. The highest BCUT2D eigenvalue weighted by Crippen LogP contribution is 2.32. The van der Waals surface area contributed by atoms with Crippen molar-refractivity contribution in [1.29, 1.82) is 0 Å². The summed E-state index contributed by atoms with van der Waals surface area (Å²) in [6.45, 7) is 11.3. The average Bonchev–Trinajstić information content (AvgIpc) is 3.57. The van der Waals surface area contributed by atoms with Gasteiger partial charge in [-0.25, -0.2) is 9.18 Å². The maximum atomic E-state index is 14.8. The molecule has 3 fully saturated rings. The van der Waals surface area contributed by atoms with E-state index in [1.54, 1.807) is 12.1 Å². The molecular formula is C25H35FN4O5. The highest BCUT2D eigenvalue weighted by atomic mass is 19.1. The molecule has 1 aromatic rings. The number of carbonyl (C=O) groups is 3. The van der Waals surface area contributed by atoms with Crippen molar-refractivity contribution in [3.8, 4) is 0 Å². The zero-order valence-electron chi connectivity index (χ0n) is 20.4. The summed E-state index contributed by atoms with van der Waals surface area (Å²) in [6.07, 6.45) is 3.21. The molecule has 9 nitrogen and oxygen atoms in total. The lowest BCUT2D eigenvalue weighted by Gasteiger charge is -2.32. The van der Waals surface area contributed by atoms with Gasteiger partial charge in [-0.2, -0.15) is 0 Å². The van der Waals surface area contributed by atoms with Crippen LogP contribution in [0.5, 0.6) is 0 Å². The molecule has 2 N–H and O–H groups in total. The van der Waals surface area contributed by atoms with Crippen molar-refractivity contribution in [1.82, 2.24) is 15.5 Å². The van der Waals surface area contributed by atoms with Gasteiger partial charge in [-0.15, -0.1) is 6.58 Å². The van der Waals surface area contributed by atoms with Crippen LogP contribution in [0.1, 0.15) is 38.2 Å². The third-order valence-corrected chi connectivity index (χ3v) is 6.06. The molecule has 0 aromatic heterocycles. The molecule has 3 aliphatic heterocycles. The number of halogens is 1. The molecule has 1 aromatic carbocycles. The summed E-state index contributed by atoms with van der Waals surface area (Å²) in [5.41, 5.74) is 1.17. The number of hydrogen-bond donors (Lipinski definition) is 2. The normalized spacial score (nSPS) is 23.6. The Morgan fingerprint density at radius 1 is 1.17 bits per heavy atom. The monoisotopic (exact) mass is 490 g/mol. The number of ether oxygens (including phenoxy) is 2. The number of epoxide rings is 1. The minimum atomic E-state index is -0.521. The smallest absolute Gasteiger partial charge is 0.414 e. The lowest BCUT2D eigenvalue weighted by molar-refractivity contribution is -0.120. The summed E-state index contributed by atoms with van der Waals surface area (Å²) < 4.78 is 24.9. The van der Waals surface area contributed by atoms with Gasteiger partial charge in [0.1, 0.15) is 11.9 Å². The van der Waals surface area contributed by atoms with Gasteiger partial charge in [0.05, 0.1) is 31.5 Å². The average molecular weight is 491 g/mol. The van der Waals surface area contributed by atoms with Crippen molar-refractivity contribution >= 4 is 23.6 Å². The van der Waals surface area contributed by atoms with E-state index in [-0.39, 0.29) is 36.6 Å². The first-order chi connectivity index (χ1) is 16.8. The van der Waals surface area contributed by atoms with E-state index in [1.807, 2.05) is 6.08 Å². The molecule has 0 saturated carbocycles. The summed E-state index contributed by atoms with van der Waals surface area (Å²) in [5, 5.41) is 5.27. The van der Waals surface area contributed by atoms with Gasteiger partial charge in [0.25, 0.3) is 0 Å². The third kappa shape index (κ3) is 8.32. The van der Waals surface area contributed by atoms with Crippen LogP contribution >= 0.6 is 0 Å². The van der Waals surface area contributed by atoms with Crippen molar-refractivity contribution in [2.45, 2.75) is 44.8 Å². The zero-order valence-corrected chi connectivity index (χ0v) is 20.4. The van der Waals surface area contributed by atoms with E-state index in [2.05, 4.69) is 22.1 Å². The van der Waals surface area contributed by atoms with Crippen LogP contribution in [0, 0.1) is 5.82 Å². The van der Waals surface area contributed by atoms with Crippen molar-refractivity contribution in [3.05, 3.63) is 42.2 Å². The highest BCUT2D eigenvalue weighted by Gasteiger charge is 2.33. The van der Waals surface area contributed by atoms with Gasteiger partial charge >= 0.3 is 6.09 Å². The largest absolute Gasteiger partial charge is 0.442 e. The number of anilines is 1. The summed E-state index contributed by atoms with van der Waals surface area (Å²) in [4.78, 5) is 37.0. The predicted molar refractivity (Wildman–Crippen MR) is 130 cm³/mol. The minimum Gasteiger partial charge on any atom is -0.442 e. The molecule has 3 heterocycles. The van der Waals surface area contributed by atoms with E-state index in [0.29, 0.717) is 23.9 Å². The first-order valence-corrected chi connectivity index (χ1v) is 12.0. The number of nitrogens with zero attached hydrogens (tertiary/aromatic N) is 2. The van der Waals surface area contributed by atoms with Crippen molar-refractivity contribution < 1.29 is 28.2 Å². The fraction of sp³-hybridized carbons (Fsp3) is 0.560. The summed E-state index contributed by atoms with van der Waals surface area (Å²) in [7, 11) is 0. The molecule has 3 atom stereocenters. The number of rotatable bonds is 8. The molecule has 0 spiro atoms. The number of cyclic esters (lactones) is 1. The summed E-state index contributed by atoms with van der Waals surface area (Å²) >= 11 is 0. The van der Waals surface area contributed by atoms with Crippen molar-refractivity contribution in [2.24, 2.45) is 0 Å². The second-order valence-electron chi connectivity index (χ2n) is 9.04. The number of benzene rings is 1.